The highest BCUT2D eigenvalue weighted by Gasteiger charge is 2.21. The number of aryl methyl sites for hydroxylation is 3. The van der Waals surface area contributed by atoms with Gasteiger partial charge in [-0.1, -0.05) is 17.7 Å². The number of amides is 1. The number of methoxy groups -OCH3 is 2. The molecule has 0 spiro atoms. The fourth-order valence-corrected chi connectivity index (χ4v) is 3.64. The fourth-order valence-electron chi connectivity index (χ4n) is 2.56. The van der Waals surface area contributed by atoms with Gasteiger partial charge in [-0.25, -0.2) is 8.42 Å². The summed E-state index contributed by atoms with van der Waals surface area (Å²) in [6.07, 6.45) is 0. The molecule has 8 heteroatoms. The van der Waals surface area contributed by atoms with E-state index in [0.717, 1.165) is 11.1 Å². The quantitative estimate of drug-likeness (QED) is 0.752. The van der Waals surface area contributed by atoms with Gasteiger partial charge in [-0.05, 0) is 44.0 Å². The van der Waals surface area contributed by atoms with Gasteiger partial charge in [-0.15, -0.1) is 4.83 Å². The van der Waals surface area contributed by atoms with Crippen LogP contribution >= 0.6 is 0 Å². The molecule has 2 rings (SSSR count). The molecule has 0 bridgehead atoms. The number of rotatable bonds is 6. The van der Waals surface area contributed by atoms with Gasteiger partial charge in [-0.2, -0.15) is 0 Å². The summed E-state index contributed by atoms with van der Waals surface area (Å²) in [5.41, 5.74) is 4.86. The average Bonchev–Trinajstić information content (AvgIpc) is 2.59. The minimum Gasteiger partial charge on any atom is -0.493 e. The van der Waals surface area contributed by atoms with Crippen LogP contribution in [0.4, 0.5) is 0 Å². The Hall–Kier alpha value is -2.58. The first-order chi connectivity index (χ1) is 12.2. The van der Waals surface area contributed by atoms with E-state index in [2.05, 4.69) is 10.3 Å². The summed E-state index contributed by atoms with van der Waals surface area (Å²) in [6.45, 7) is 5.33. The van der Waals surface area contributed by atoms with Crippen LogP contribution in [0.2, 0.25) is 0 Å². The molecular formula is C18H22N2O5S. The Morgan fingerprint density at radius 3 is 2.12 bits per heavy atom. The summed E-state index contributed by atoms with van der Waals surface area (Å²) in [6, 6.07) is 8.19. The molecule has 0 heterocycles. The predicted octanol–water partition coefficient (Wildman–Crippen LogP) is 2.25. The maximum Gasteiger partial charge on any atom is 0.266 e. The molecule has 0 unspecified atom stereocenters. The topological polar surface area (TPSA) is 93.7 Å². The summed E-state index contributed by atoms with van der Waals surface area (Å²) in [5, 5.41) is 0. The Bertz CT molecular complexity index is 939. The molecule has 0 aromatic heterocycles. The molecule has 0 saturated heterocycles. The Balaban J connectivity index is 2.25. The Labute approximate surface area is 153 Å². The fraction of sp³-hybridized carbons (Fsp3) is 0.278. The first kappa shape index (κ1) is 19.7. The number of hydrogen-bond donors (Lipinski definition) is 2. The van der Waals surface area contributed by atoms with Crippen molar-refractivity contribution in [2.75, 3.05) is 14.2 Å². The van der Waals surface area contributed by atoms with Crippen LogP contribution in [0.25, 0.3) is 0 Å². The van der Waals surface area contributed by atoms with E-state index in [9.17, 15) is 13.2 Å². The highest BCUT2D eigenvalue weighted by Crippen LogP contribution is 2.32. The summed E-state index contributed by atoms with van der Waals surface area (Å²) < 4.78 is 35.4. The molecule has 26 heavy (non-hydrogen) atoms. The monoisotopic (exact) mass is 378 g/mol. The van der Waals surface area contributed by atoms with Crippen molar-refractivity contribution < 1.29 is 22.7 Å². The number of ether oxygens (including phenoxy) is 2. The van der Waals surface area contributed by atoms with Crippen LogP contribution in [0.15, 0.2) is 35.2 Å². The number of benzene rings is 2. The second-order valence-corrected chi connectivity index (χ2v) is 7.50. The molecule has 140 valence electrons. The lowest BCUT2D eigenvalue weighted by atomic mass is 10.1. The largest absolute Gasteiger partial charge is 0.493 e. The number of hydrazine groups is 1. The van der Waals surface area contributed by atoms with Crippen LogP contribution in [0.5, 0.6) is 11.5 Å². The van der Waals surface area contributed by atoms with E-state index in [0.29, 0.717) is 16.9 Å². The van der Waals surface area contributed by atoms with Crippen LogP contribution in [0.3, 0.4) is 0 Å². The van der Waals surface area contributed by atoms with E-state index in [-0.39, 0.29) is 10.6 Å². The molecule has 2 N–H and O–H groups in total. The molecule has 2 aromatic rings. The third-order valence-electron chi connectivity index (χ3n) is 3.90. The summed E-state index contributed by atoms with van der Waals surface area (Å²) in [4.78, 5) is 14.4. The van der Waals surface area contributed by atoms with E-state index < -0.39 is 15.9 Å². The van der Waals surface area contributed by atoms with Crippen molar-refractivity contribution in [3.8, 4) is 11.5 Å². The normalized spacial score (nSPS) is 11.1. The summed E-state index contributed by atoms with van der Waals surface area (Å²) in [7, 11) is -1.11. The van der Waals surface area contributed by atoms with Gasteiger partial charge in [0.15, 0.2) is 11.5 Å². The van der Waals surface area contributed by atoms with Gasteiger partial charge in [0.1, 0.15) is 0 Å². The van der Waals surface area contributed by atoms with Gasteiger partial charge in [-0.3, -0.25) is 10.2 Å². The molecule has 0 fully saturated rings. The van der Waals surface area contributed by atoms with Crippen LogP contribution in [-0.4, -0.2) is 28.5 Å². The molecule has 0 saturated carbocycles. The van der Waals surface area contributed by atoms with Crippen molar-refractivity contribution in [2.24, 2.45) is 0 Å². The number of carbonyl (C=O) groups excluding carboxylic acids is 1. The minimum absolute atomic E-state index is 0.0175. The maximum absolute atomic E-state index is 12.6. The lowest BCUT2D eigenvalue weighted by Gasteiger charge is -2.14. The van der Waals surface area contributed by atoms with Crippen molar-refractivity contribution >= 4 is 15.9 Å². The van der Waals surface area contributed by atoms with E-state index in [1.807, 2.05) is 13.0 Å². The third kappa shape index (κ3) is 4.14. The molecule has 1 amide bonds. The van der Waals surface area contributed by atoms with Gasteiger partial charge in [0.2, 0.25) is 0 Å². The van der Waals surface area contributed by atoms with Gasteiger partial charge in [0.25, 0.3) is 15.9 Å². The molecule has 0 atom stereocenters. The van der Waals surface area contributed by atoms with Crippen LogP contribution in [-0.2, 0) is 10.0 Å². The molecule has 7 nitrogen and oxygen atoms in total. The third-order valence-corrected chi connectivity index (χ3v) is 5.29. The van der Waals surface area contributed by atoms with E-state index >= 15 is 0 Å². The second-order valence-electron chi connectivity index (χ2n) is 5.85. The van der Waals surface area contributed by atoms with Crippen molar-refractivity contribution in [3.05, 3.63) is 52.6 Å². The first-order valence-corrected chi connectivity index (χ1v) is 9.30. The number of sulfonamides is 1. The molecule has 0 aliphatic heterocycles. The Morgan fingerprint density at radius 1 is 0.923 bits per heavy atom. The van der Waals surface area contributed by atoms with Gasteiger partial charge in [0, 0.05) is 11.6 Å². The zero-order valence-electron chi connectivity index (χ0n) is 15.3. The van der Waals surface area contributed by atoms with Crippen molar-refractivity contribution in [2.45, 2.75) is 25.7 Å². The molecule has 0 radical (unpaired) electrons. The maximum atomic E-state index is 12.6. The Kier molecular flexibility index (Phi) is 5.89. The highest BCUT2D eigenvalue weighted by molar-refractivity contribution is 7.89. The second kappa shape index (κ2) is 7.76. The number of hydrogen-bond acceptors (Lipinski definition) is 5. The average molecular weight is 378 g/mol. The van der Waals surface area contributed by atoms with Crippen molar-refractivity contribution in [1.29, 1.82) is 0 Å². The summed E-state index contributed by atoms with van der Waals surface area (Å²) >= 11 is 0. The van der Waals surface area contributed by atoms with Crippen LogP contribution < -0.4 is 19.7 Å². The Morgan fingerprint density at radius 2 is 1.54 bits per heavy atom. The highest BCUT2D eigenvalue weighted by atomic mass is 32.2. The standard InChI is InChI=1S/C18H22N2O5S/c1-11-6-7-14(12(2)8-11)18(21)19-20-26(22,23)17-10-16(25-5)15(24-4)9-13(17)3/h6-10,20H,1-5H3,(H,19,21). The van der Waals surface area contributed by atoms with Crippen molar-refractivity contribution in [1.82, 2.24) is 10.3 Å². The van der Waals surface area contributed by atoms with Gasteiger partial charge < -0.3 is 9.47 Å². The molecule has 2 aromatic carbocycles. The summed E-state index contributed by atoms with van der Waals surface area (Å²) in [5.74, 6) is 0.159. The van der Waals surface area contributed by atoms with Gasteiger partial charge in [0.05, 0.1) is 19.1 Å². The lowest BCUT2D eigenvalue weighted by Crippen LogP contribution is -2.42. The molecular weight excluding hydrogens is 356 g/mol. The predicted molar refractivity (Wildman–Crippen MR) is 98.0 cm³/mol. The zero-order chi connectivity index (χ0) is 19.5. The molecule has 0 aliphatic carbocycles. The first-order valence-electron chi connectivity index (χ1n) is 7.81. The lowest BCUT2D eigenvalue weighted by molar-refractivity contribution is 0.0944. The SMILES string of the molecule is COc1cc(C)c(S(=O)(=O)NNC(=O)c2ccc(C)cc2C)cc1OC. The minimum atomic E-state index is -3.99. The van der Waals surface area contributed by atoms with Crippen molar-refractivity contribution in [3.63, 3.8) is 0 Å². The number of carbonyl (C=O) groups is 1. The van der Waals surface area contributed by atoms with E-state index in [1.165, 1.54) is 20.3 Å². The van der Waals surface area contributed by atoms with Crippen LogP contribution in [0.1, 0.15) is 27.0 Å². The van der Waals surface area contributed by atoms with E-state index in [1.54, 1.807) is 32.0 Å². The number of nitrogens with one attached hydrogen (secondary N) is 2. The molecule has 0 aliphatic rings. The smallest absolute Gasteiger partial charge is 0.266 e. The zero-order valence-corrected chi connectivity index (χ0v) is 16.2. The van der Waals surface area contributed by atoms with E-state index in [4.69, 9.17) is 9.47 Å². The van der Waals surface area contributed by atoms with Crippen LogP contribution in [0, 0.1) is 20.8 Å². The van der Waals surface area contributed by atoms with Gasteiger partial charge >= 0.3 is 0 Å².